The third-order valence-corrected chi connectivity index (χ3v) is 10.7. The van der Waals surface area contributed by atoms with Crippen LogP contribution in [0.25, 0.3) is 11.3 Å². The summed E-state index contributed by atoms with van der Waals surface area (Å²) >= 11 is 7.47. The van der Waals surface area contributed by atoms with Crippen molar-refractivity contribution in [3.8, 4) is 17.0 Å². The number of rotatable bonds is 8. The predicted molar refractivity (Wildman–Crippen MR) is 160 cm³/mol. The van der Waals surface area contributed by atoms with Crippen molar-refractivity contribution in [1.82, 2.24) is 9.88 Å². The van der Waals surface area contributed by atoms with Crippen LogP contribution in [0, 0.1) is 18.8 Å². The molecule has 3 aromatic rings. The van der Waals surface area contributed by atoms with E-state index >= 15 is 0 Å². The van der Waals surface area contributed by atoms with E-state index in [-0.39, 0.29) is 31.1 Å². The van der Waals surface area contributed by atoms with Gasteiger partial charge in [0.25, 0.3) is 0 Å². The second-order valence-corrected chi connectivity index (χ2v) is 14.5. The topological polar surface area (TPSA) is 100 Å². The van der Waals surface area contributed by atoms with Crippen LogP contribution in [0.5, 0.6) is 5.75 Å². The summed E-state index contributed by atoms with van der Waals surface area (Å²) in [5.41, 5.74) is 4.17. The quantitative estimate of drug-likeness (QED) is 0.331. The van der Waals surface area contributed by atoms with Gasteiger partial charge in [-0.05, 0) is 48.2 Å². The second-order valence-electron chi connectivity index (χ2n) is 11.0. The maximum atomic E-state index is 13.7. The predicted octanol–water partition coefficient (Wildman–Crippen LogP) is 5.67. The number of benzene rings is 2. The molecular formula is C29H31ClF3N3O5S2. The molecule has 0 radical (unpaired) electrons. The first-order valence-corrected chi connectivity index (χ1v) is 16.8. The average molecular weight is 658 g/mol. The van der Waals surface area contributed by atoms with Gasteiger partial charge in [0.05, 0.1) is 29.0 Å². The van der Waals surface area contributed by atoms with E-state index in [0.29, 0.717) is 46.8 Å². The van der Waals surface area contributed by atoms with Crippen LogP contribution in [0.4, 0.5) is 18.3 Å². The second kappa shape index (κ2) is 12.6. The first-order valence-electron chi connectivity index (χ1n) is 13.7. The smallest absolute Gasteiger partial charge is 0.394 e. The number of hydrogen-bond donors (Lipinski definition) is 1. The molecule has 0 aliphatic carbocycles. The molecule has 2 atom stereocenters. The molecule has 2 aromatic carbocycles. The number of anilines is 1. The summed E-state index contributed by atoms with van der Waals surface area (Å²) in [6, 6.07) is 11.2. The minimum Gasteiger partial charge on any atom is -0.488 e. The lowest BCUT2D eigenvalue weighted by Crippen LogP contribution is -2.49. The Kier molecular flexibility index (Phi) is 9.26. The monoisotopic (exact) mass is 657 g/mol. The third kappa shape index (κ3) is 7.62. The van der Waals surface area contributed by atoms with Gasteiger partial charge in [-0.3, -0.25) is 9.69 Å². The molecule has 0 saturated carbocycles. The Morgan fingerprint density at radius 3 is 2.58 bits per heavy atom. The fourth-order valence-electron chi connectivity index (χ4n) is 5.45. The van der Waals surface area contributed by atoms with Crippen molar-refractivity contribution in [3.63, 3.8) is 0 Å². The van der Waals surface area contributed by atoms with Gasteiger partial charge in [-0.2, -0.15) is 13.2 Å². The van der Waals surface area contributed by atoms with Crippen molar-refractivity contribution >= 4 is 43.9 Å². The van der Waals surface area contributed by atoms with Crippen LogP contribution in [0.2, 0.25) is 5.02 Å². The highest BCUT2D eigenvalue weighted by atomic mass is 35.5. The van der Waals surface area contributed by atoms with Crippen LogP contribution in [-0.4, -0.2) is 73.2 Å². The molecule has 0 bridgehead atoms. The number of thiazole rings is 1. The van der Waals surface area contributed by atoms with Crippen LogP contribution in [0.15, 0.2) is 41.8 Å². The summed E-state index contributed by atoms with van der Waals surface area (Å²) in [5, 5.41) is 11.9. The molecule has 8 nitrogen and oxygen atoms in total. The number of aliphatic carboxylic acids is 1. The highest BCUT2D eigenvalue weighted by molar-refractivity contribution is 7.91. The van der Waals surface area contributed by atoms with Crippen molar-refractivity contribution < 1.29 is 36.2 Å². The van der Waals surface area contributed by atoms with Gasteiger partial charge in [0.1, 0.15) is 12.4 Å². The standard InChI is InChI=1S/C29H31ClF3N3O5S2/c1-18-12-19(14-35-8-10-43(39,40)11-9-35)2-3-20(18)16-41-26-5-4-21(30)13-23(26)25-17-42-28(34-25)36-7-6-22(27(37)38)24(15-36)29(31,32)33/h2-5,12-13,17,22,24H,6-11,14-16H2,1H3,(H,37,38). The maximum Gasteiger partial charge on any atom is 0.394 e. The molecule has 1 aromatic heterocycles. The molecule has 2 unspecified atom stereocenters. The molecule has 14 heteroatoms. The number of alkyl halides is 3. The van der Waals surface area contributed by atoms with Gasteiger partial charge in [-0.1, -0.05) is 29.8 Å². The summed E-state index contributed by atoms with van der Waals surface area (Å²) in [6.45, 7) is 3.64. The first kappa shape index (κ1) is 31.6. The number of sulfone groups is 1. The van der Waals surface area contributed by atoms with Crippen LogP contribution >= 0.6 is 22.9 Å². The Morgan fingerprint density at radius 2 is 1.91 bits per heavy atom. The lowest BCUT2D eigenvalue weighted by Gasteiger charge is -2.37. The summed E-state index contributed by atoms with van der Waals surface area (Å²) in [4.78, 5) is 19.6. The lowest BCUT2D eigenvalue weighted by atomic mass is 9.85. The van der Waals surface area contributed by atoms with Crippen molar-refractivity contribution in [3.05, 3.63) is 63.5 Å². The maximum absolute atomic E-state index is 13.7. The zero-order valence-electron chi connectivity index (χ0n) is 23.3. The third-order valence-electron chi connectivity index (χ3n) is 7.96. The minimum absolute atomic E-state index is 0.127. The van der Waals surface area contributed by atoms with E-state index in [0.717, 1.165) is 16.7 Å². The van der Waals surface area contributed by atoms with Gasteiger partial charge in [0.15, 0.2) is 15.0 Å². The van der Waals surface area contributed by atoms with E-state index in [2.05, 4.69) is 16.0 Å². The number of carboxylic acid groups (broad SMARTS) is 1. The molecule has 2 saturated heterocycles. The number of carboxylic acids is 1. The van der Waals surface area contributed by atoms with Gasteiger partial charge in [0.2, 0.25) is 0 Å². The van der Waals surface area contributed by atoms with Gasteiger partial charge in [-0.15, -0.1) is 11.3 Å². The Labute approximate surface area is 257 Å². The number of aryl methyl sites for hydroxylation is 1. The Bertz CT molecular complexity index is 1580. The van der Waals surface area contributed by atoms with Crippen LogP contribution in [0.3, 0.4) is 0 Å². The van der Waals surface area contributed by atoms with Crippen LogP contribution < -0.4 is 9.64 Å². The van der Waals surface area contributed by atoms with Crippen LogP contribution in [-0.2, 0) is 27.8 Å². The number of nitrogens with zero attached hydrogens (tertiary/aromatic N) is 3. The van der Waals surface area contributed by atoms with E-state index in [9.17, 15) is 31.5 Å². The van der Waals surface area contributed by atoms with E-state index in [1.807, 2.05) is 19.1 Å². The fourth-order valence-corrected chi connectivity index (χ4v) is 7.77. The largest absolute Gasteiger partial charge is 0.488 e. The zero-order valence-corrected chi connectivity index (χ0v) is 25.7. The number of carbonyl (C=O) groups is 1. The SMILES string of the molecule is Cc1cc(CN2CCS(=O)(=O)CC2)ccc1COc1ccc(Cl)cc1-c1csc(N2CCC(C(=O)O)C(C(F)(F)F)C2)n1. The number of piperidine rings is 1. The van der Waals surface area contributed by atoms with Gasteiger partial charge in [0, 0.05) is 48.7 Å². The molecule has 232 valence electrons. The van der Waals surface area contributed by atoms with E-state index in [1.165, 1.54) is 16.2 Å². The summed E-state index contributed by atoms with van der Waals surface area (Å²) in [7, 11) is -2.93. The Balaban J connectivity index is 1.28. The molecule has 0 amide bonds. The molecular weight excluding hydrogens is 627 g/mol. The van der Waals surface area contributed by atoms with E-state index in [4.69, 9.17) is 16.3 Å². The van der Waals surface area contributed by atoms with Crippen molar-refractivity contribution in [1.29, 1.82) is 0 Å². The minimum atomic E-state index is -4.64. The molecule has 0 spiro atoms. The molecule has 5 rings (SSSR count). The zero-order chi connectivity index (χ0) is 30.9. The van der Waals surface area contributed by atoms with E-state index < -0.39 is 40.4 Å². The van der Waals surface area contributed by atoms with E-state index in [1.54, 1.807) is 23.6 Å². The summed E-state index contributed by atoms with van der Waals surface area (Å²) in [6.07, 6.45) is -4.76. The summed E-state index contributed by atoms with van der Waals surface area (Å²) < 4.78 is 70.6. The van der Waals surface area contributed by atoms with Crippen molar-refractivity contribution in [2.24, 2.45) is 11.8 Å². The summed E-state index contributed by atoms with van der Waals surface area (Å²) in [5.74, 6) is -4.03. The average Bonchev–Trinajstić information content (AvgIpc) is 3.44. The molecule has 2 fully saturated rings. The number of halogens is 4. The molecule has 43 heavy (non-hydrogen) atoms. The van der Waals surface area contributed by atoms with Crippen LogP contribution in [0.1, 0.15) is 23.1 Å². The van der Waals surface area contributed by atoms with Gasteiger partial charge in [-0.25, -0.2) is 13.4 Å². The Hall–Kier alpha value is -2.87. The highest BCUT2D eigenvalue weighted by Gasteiger charge is 2.50. The molecule has 2 aliphatic rings. The number of ether oxygens (including phenoxy) is 1. The van der Waals surface area contributed by atoms with Gasteiger partial charge >= 0.3 is 12.1 Å². The molecule has 2 aliphatic heterocycles. The number of hydrogen-bond acceptors (Lipinski definition) is 8. The normalized spacial score (nSPS) is 21.1. The lowest BCUT2D eigenvalue weighted by molar-refractivity contribution is -0.197. The highest BCUT2D eigenvalue weighted by Crippen LogP contribution is 2.41. The number of aromatic nitrogens is 1. The Morgan fingerprint density at radius 1 is 1.16 bits per heavy atom. The molecule has 1 N–H and O–H groups in total. The first-order chi connectivity index (χ1) is 20.3. The van der Waals surface area contributed by atoms with Crippen molar-refractivity contribution in [2.45, 2.75) is 32.7 Å². The fraction of sp³-hybridized carbons (Fsp3) is 0.448. The molecule has 3 heterocycles. The van der Waals surface area contributed by atoms with Crippen molar-refractivity contribution in [2.75, 3.05) is 42.6 Å². The van der Waals surface area contributed by atoms with Gasteiger partial charge < -0.3 is 14.7 Å².